The molecule has 0 bridgehead atoms. The van der Waals surface area contributed by atoms with E-state index in [2.05, 4.69) is 32.3 Å². The minimum absolute atomic E-state index is 0.0999. The fourth-order valence-corrected chi connectivity index (χ4v) is 3.33. The molecule has 0 fully saturated rings. The van der Waals surface area contributed by atoms with Gasteiger partial charge in [-0.05, 0) is 65.9 Å². The topological polar surface area (TPSA) is 235 Å². The largest absolute Gasteiger partial charge is 0.508 e. The molecule has 3 rings (SSSR count). The molecule has 0 aromatic heterocycles. The number of hydrazine groups is 2. The number of phenols is 3. The van der Waals surface area contributed by atoms with E-state index in [9.17, 15) is 28.8 Å². The Morgan fingerprint density at radius 3 is 1.37 bits per heavy atom. The third kappa shape index (κ3) is 17.4. The van der Waals surface area contributed by atoms with Crippen LogP contribution in [-0.4, -0.2) is 69.8 Å². The van der Waals surface area contributed by atoms with Gasteiger partial charge in [-0.1, -0.05) is 24.3 Å². The van der Waals surface area contributed by atoms with Crippen molar-refractivity contribution < 1.29 is 44.1 Å². The van der Waals surface area contributed by atoms with Crippen molar-refractivity contribution in [3.8, 4) is 17.2 Å². The molecule has 0 heterocycles. The van der Waals surface area contributed by atoms with Crippen LogP contribution in [0.15, 0.2) is 72.8 Å². The molecule has 6 amide bonds. The van der Waals surface area contributed by atoms with Crippen LogP contribution in [0.1, 0.15) is 18.1 Å². The Hall–Kier alpha value is -5.77. The van der Waals surface area contributed by atoms with E-state index in [4.69, 9.17) is 15.3 Å². The third-order valence-electron chi connectivity index (χ3n) is 5.16. The van der Waals surface area contributed by atoms with Gasteiger partial charge in [0.15, 0.2) is 0 Å². The Labute approximate surface area is 269 Å². The summed E-state index contributed by atoms with van der Waals surface area (Å²) >= 11 is 1.38. The average Bonchev–Trinajstić information content (AvgIpc) is 3.03. The summed E-state index contributed by atoms with van der Waals surface area (Å²) in [5, 5.41) is 31.6. The predicted molar refractivity (Wildman–Crippen MR) is 171 cm³/mol. The molecule has 46 heavy (non-hydrogen) atoms. The lowest BCUT2D eigenvalue weighted by Crippen LogP contribution is -2.43. The Kier molecular flexibility index (Phi) is 17.5. The molecule has 15 nitrogen and oxygen atoms in total. The molecule has 0 spiro atoms. The monoisotopic (exact) mass is 656 g/mol. The van der Waals surface area contributed by atoms with Crippen LogP contribution in [0.4, 0.5) is 5.69 Å². The van der Waals surface area contributed by atoms with Crippen LogP contribution < -0.4 is 32.3 Å². The van der Waals surface area contributed by atoms with E-state index in [0.717, 1.165) is 11.1 Å². The van der Waals surface area contributed by atoms with Crippen LogP contribution in [-0.2, 0) is 41.6 Å². The van der Waals surface area contributed by atoms with Crippen molar-refractivity contribution in [1.82, 2.24) is 27.0 Å². The van der Waals surface area contributed by atoms with Gasteiger partial charge >= 0.3 is 11.8 Å². The van der Waals surface area contributed by atoms with Gasteiger partial charge in [0, 0.05) is 19.7 Å². The first-order valence-corrected chi connectivity index (χ1v) is 14.7. The lowest BCUT2D eigenvalue weighted by atomic mass is 10.1. The van der Waals surface area contributed by atoms with Gasteiger partial charge in [-0.15, -0.1) is 0 Å². The van der Waals surface area contributed by atoms with Crippen molar-refractivity contribution in [2.24, 2.45) is 0 Å². The molecule has 16 heteroatoms. The number of rotatable bonds is 7. The maximum absolute atomic E-state index is 11.4. The number of amides is 6. The van der Waals surface area contributed by atoms with Crippen molar-refractivity contribution in [3.63, 3.8) is 0 Å². The number of aromatic hydroxyl groups is 3. The Balaban J connectivity index is 0.000000347. The molecule has 0 radical (unpaired) electrons. The standard InChI is InChI=1S/C11H14N2O3S.C10H12N2O3.C9H10N2O3/c1-17-7-11(16)13-12-10(15)6-8-2-4-9(14)5-3-8;1-7(13)11-12-10(15)6-8-2-4-9(14)5-3-8;1-10-8(13)9(14)11-6-2-4-7(12)5-3-6/h2-5,14H,6-7H2,1H3,(H,12,15)(H,13,16);2-5,14H,6H2,1H3,(H,11,13)(H,12,15);2-5,12H,1H3,(H,10,13)(H,11,14). The molecule has 246 valence electrons. The van der Waals surface area contributed by atoms with E-state index in [-0.39, 0.29) is 53.7 Å². The lowest BCUT2D eigenvalue weighted by molar-refractivity contribution is -0.135. The number of carbonyl (C=O) groups is 6. The fourth-order valence-electron chi connectivity index (χ4n) is 3.00. The van der Waals surface area contributed by atoms with Crippen molar-refractivity contribution in [1.29, 1.82) is 0 Å². The molecule has 3 aromatic carbocycles. The first kappa shape index (κ1) is 38.3. The van der Waals surface area contributed by atoms with Crippen LogP contribution in [0.2, 0.25) is 0 Å². The highest BCUT2D eigenvalue weighted by molar-refractivity contribution is 7.99. The molecule has 0 aliphatic rings. The summed E-state index contributed by atoms with van der Waals surface area (Å²) in [5.41, 5.74) is 11.0. The minimum Gasteiger partial charge on any atom is -0.508 e. The summed E-state index contributed by atoms with van der Waals surface area (Å²) in [6.45, 7) is 1.31. The summed E-state index contributed by atoms with van der Waals surface area (Å²) < 4.78 is 0. The molecule has 0 atom stereocenters. The zero-order valence-electron chi connectivity index (χ0n) is 25.2. The molecule has 9 N–H and O–H groups in total. The molecule has 0 unspecified atom stereocenters. The maximum atomic E-state index is 11.4. The van der Waals surface area contributed by atoms with Crippen LogP contribution >= 0.6 is 11.8 Å². The Morgan fingerprint density at radius 2 is 0.978 bits per heavy atom. The van der Waals surface area contributed by atoms with E-state index in [0.29, 0.717) is 11.4 Å². The molecule has 0 aliphatic heterocycles. The zero-order chi connectivity index (χ0) is 34.5. The number of thioether (sulfide) groups is 1. The number of hydrogen-bond acceptors (Lipinski definition) is 10. The van der Waals surface area contributed by atoms with Crippen LogP contribution in [0.3, 0.4) is 0 Å². The summed E-state index contributed by atoms with van der Waals surface area (Å²) in [6, 6.07) is 18.4. The first-order chi connectivity index (χ1) is 21.8. The second kappa shape index (κ2) is 21.0. The SMILES string of the molecule is CC(=O)NNC(=O)Cc1ccc(O)cc1.CNC(=O)C(=O)Nc1ccc(O)cc1.CSCC(=O)NNC(=O)Cc1ccc(O)cc1. The van der Waals surface area contributed by atoms with Crippen molar-refractivity contribution >= 4 is 52.9 Å². The average molecular weight is 657 g/mol. The second-order valence-corrected chi connectivity index (χ2v) is 9.89. The van der Waals surface area contributed by atoms with Gasteiger partial charge in [0.1, 0.15) is 17.2 Å². The highest BCUT2D eigenvalue weighted by Crippen LogP contribution is 2.13. The summed E-state index contributed by atoms with van der Waals surface area (Å²) in [5.74, 6) is -1.91. The molecular formula is C30H36N6O9S. The number of anilines is 1. The number of nitrogens with one attached hydrogen (secondary N) is 6. The zero-order valence-corrected chi connectivity index (χ0v) is 26.1. The Morgan fingerprint density at radius 1 is 0.587 bits per heavy atom. The quantitative estimate of drug-likeness (QED) is 0.0977. The number of phenolic OH excluding ortho intramolecular Hbond substituents is 3. The molecule has 0 aliphatic carbocycles. The number of carbonyl (C=O) groups excluding carboxylic acids is 6. The van der Waals surface area contributed by atoms with Gasteiger partial charge in [-0.2, -0.15) is 11.8 Å². The normalized spacial score (nSPS) is 9.46. The second-order valence-electron chi connectivity index (χ2n) is 9.03. The third-order valence-corrected chi connectivity index (χ3v) is 5.71. The number of likely N-dealkylation sites (N-methyl/N-ethyl adjacent to an activating group) is 1. The van der Waals surface area contributed by atoms with E-state index < -0.39 is 11.8 Å². The molecule has 0 saturated carbocycles. The van der Waals surface area contributed by atoms with E-state index in [1.165, 1.54) is 74.3 Å². The predicted octanol–water partition coefficient (Wildman–Crippen LogP) is 0.624. The first-order valence-electron chi connectivity index (χ1n) is 13.3. The van der Waals surface area contributed by atoms with Gasteiger partial charge in [-0.25, -0.2) is 0 Å². The molecule has 3 aromatic rings. The van der Waals surface area contributed by atoms with Crippen LogP contribution in [0.5, 0.6) is 17.2 Å². The summed E-state index contributed by atoms with van der Waals surface area (Å²) in [4.78, 5) is 66.0. The number of benzene rings is 3. The minimum atomic E-state index is -0.738. The molecule has 0 saturated heterocycles. The van der Waals surface area contributed by atoms with Crippen LogP contribution in [0.25, 0.3) is 0 Å². The van der Waals surface area contributed by atoms with E-state index in [1.807, 2.05) is 0 Å². The fraction of sp³-hybridized carbons (Fsp3) is 0.200. The highest BCUT2D eigenvalue weighted by atomic mass is 32.2. The highest BCUT2D eigenvalue weighted by Gasteiger charge is 2.10. The number of hydrogen-bond donors (Lipinski definition) is 9. The van der Waals surface area contributed by atoms with Gasteiger partial charge in [0.05, 0.1) is 18.6 Å². The smallest absolute Gasteiger partial charge is 0.313 e. The van der Waals surface area contributed by atoms with Crippen molar-refractivity contribution in [2.45, 2.75) is 19.8 Å². The molecular weight excluding hydrogens is 620 g/mol. The van der Waals surface area contributed by atoms with Gasteiger partial charge in [0.25, 0.3) is 0 Å². The van der Waals surface area contributed by atoms with Crippen LogP contribution in [0, 0.1) is 0 Å². The van der Waals surface area contributed by atoms with Gasteiger partial charge in [-0.3, -0.25) is 50.5 Å². The van der Waals surface area contributed by atoms with Crippen molar-refractivity contribution in [2.75, 3.05) is 24.4 Å². The van der Waals surface area contributed by atoms with Gasteiger partial charge in [0.2, 0.25) is 23.6 Å². The van der Waals surface area contributed by atoms with Crippen molar-refractivity contribution in [3.05, 3.63) is 83.9 Å². The maximum Gasteiger partial charge on any atom is 0.313 e. The van der Waals surface area contributed by atoms with Gasteiger partial charge < -0.3 is 26.0 Å². The summed E-state index contributed by atoms with van der Waals surface area (Å²) in [6.07, 6.45) is 2.11. The Bertz CT molecular complexity index is 1450. The summed E-state index contributed by atoms with van der Waals surface area (Å²) in [7, 11) is 1.37. The lowest BCUT2D eigenvalue weighted by Gasteiger charge is -2.06. The van der Waals surface area contributed by atoms with E-state index >= 15 is 0 Å². The van der Waals surface area contributed by atoms with E-state index in [1.54, 1.807) is 30.5 Å².